The van der Waals surface area contributed by atoms with Crippen molar-refractivity contribution < 1.29 is 4.79 Å². The third-order valence-corrected chi connectivity index (χ3v) is 4.25. The van der Waals surface area contributed by atoms with Crippen molar-refractivity contribution in [3.8, 4) is 0 Å². The van der Waals surface area contributed by atoms with Crippen LogP contribution in [0.5, 0.6) is 0 Å². The number of likely N-dealkylation sites (tertiary alicyclic amines) is 1. The summed E-state index contributed by atoms with van der Waals surface area (Å²) in [5.74, 6) is 1.00. The van der Waals surface area contributed by atoms with Gasteiger partial charge in [0.05, 0.1) is 0 Å². The number of carbonyl (C=O) groups excluding carboxylic acids is 1. The van der Waals surface area contributed by atoms with E-state index in [0.29, 0.717) is 6.42 Å². The summed E-state index contributed by atoms with van der Waals surface area (Å²) in [4.78, 5) is 14.2. The fourth-order valence-corrected chi connectivity index (χ4v) is 2.86. The monoisotopic (exact) mass is 294 g/mol. The first-order valence-corrected chi connectivity index (χ1v) is 7.73. The van der Waals surface area contributed by atoms with E-state index in [-0.39, 0.29) is 5.91 Å². The van der Waals surface area contributed by atoms with Crippen molar-refractivity contribution >= 4 is 17.5 Å². The molecular weight excluding hydrogens is 272 g/mol. The van der Waals surface area contributed by atoms with E-state index in [1.165, 1.54) is 5.56 Å². The maximum atomic E-state index is 12.2. The minimum Gasteiger partial charge on any atom is -0.343 e. The number of benzene rings is 1. The topological polar surface area (TPSA) is 32.3 Å². The highest BCUT2D eigenvalue weighted by Gasteiger charge is 2.21. The highest BCUT2D eigenvalue weighted by Crippen LogP contribution is 2.18. The molecule has 1 saturated heterocycles. The van der Waals surface area contributed by atoms with Crippen LogP contribution in [0.15, 0.2) is 24.3 Å². The summed E-state index contributed by atoms with van der Waals surface area (Å²) in [6, 6.07) is 7.75. The molecule has 20 heavy (non-hydrogen) atoms. The Labute approximate surface area is 126 Å². The van der Waals surface area contributed by atoms with Crippen molar-refractivity contribution in [2.75, 3.05) is 26.7 Å². The molecule has 1 heterocycles. The lowest BCUT2D eigenvalue weighted by Crippen LogP contribution is -2.40. The first-order chi connectivity index (χ1) is 9.69. The lowest BCUT2D eigenvalue weighted by atomic mass is 9.96. The van der Waals surface area contributed by atoms with Gasteiger partial charge in [-0.05, 0) is 56.5 Å². The van der Waals surface area contributed by atoms with Gasteiger partial charge < -0.3 is 10.2 Å². The lowest BCUT2D eigenvalue weighted by molar-refractivity contribution is -0.132. The van der Waals surface area contributed by atoms with Crippen molar-refractivity contribution in [1.29, 1.82) is 0 Å². The Bertz CT molecular complexity index is 425. The maximum Gasteiger partial charge on any atom is 0.222 e. The summed E-state index contributed by atoms with van der Waals surface area (Å²) >= 11 is 5.86. The first kappa shape index (κ1) is 15.3. The second-order valence-corrected chi connectivity index (χ2v) is 5.94. The van der Waals surface area contributed by atoms with Gasteiger partial charge in [-0.3, -0.25) is 4.79 Å². The Morgan fingerprint density at radius 2 is 1.95 bits per heavy atom. The number of rotatable bonds is 5. The van der Waals surface area contributed by atoms with E-state index >= 15 is 0 Å². The van der Waals surface area contributed by atoms with E-state index in [9.17, 15) is 4.79 Å². The molecule has 0 radical (unpaired) electrons. The van der Waals surface area contributed by atoms with Crippen molar-refractivity contribution in [2.45, 2.75) is 25.7 Å². The fourth-order valence-electron chi connectivity index (χ4n) is 2.74. The number of nitrogens with zero attached hydrogens (tertiary/aromatic N) is 1. The smallest absolute Gasteiger partial charge is 0.222 e. The van der Waals surface area contributed by atoms with Crippen LogP contribution in [-0.4, -0.2) is 37.5 Å². The Hall–Kier alpha value is -1.06. The largest absolute Gasteiger partial charge is 0.343 e. The van der Waals surface area contributed by atoms with E-state index < -0.39 is 0 Å². The van der Waals surface area contributed by atoms with Crippen molar-refractivity contribution in [1.82, 2.24) is 10.2 Å². The number of carbonyl (C=O) groups is 1. The number of halogens is 1. The van der Waals surface area contributed by atoms with E-state index in [1.54, 1.807) is 0 Å². The number of aryl methyl sites for hydroxylation is 1. The minimum atomic E-state index is 0.280. The SMILES string of the molecule is CNCC1CCN(C(=O)CCc2ccc(Cl)cc2)CC1. The highest BCUT2D eigenvalue weighted by molar-refractivity contribution is 6.30. The molecule has 2 rings (SSSR count). The molecule has 0 aliphatic carbocycles. The van der Waals surface area contributed by atoms with E-state index in [2.05, 4.69) is 5.32 Å². The van der Waals surface area contributed by atoms with Crippen LogP contribution < -0.4 is 5.32 Å². The van der Waals surface area contributed by atoms with Crippen LogP contribution in [0.4, 0.5) is 0 Å². The van der Waals surface area contributed by atoms with Gasteiger partial charge >= 0.3 is 0 Å². The number of hydrogen-bond donors (Lipinski definition) is 1. The second-order valence-electron chi connectivity index (χ2n) is 5.51. The third-order valence-electron chi connectivity index (χ3n) is 4.00. The molecule has 0 spiro atoms. The number of amides is 1. The highest BCUT2D eigenvalue weighted by atomic mass is 35.5. The summed E-state index contributed by atoms with van der Waals surface area (Å²) in [7, 11) is 1.99. The second kappa shape index (κ2) is 7.65. The molecule has 1 aromatic carbocycles. The zero-order valence-corrected chi connectivity index (χ0v) is 12.8. The van der Waals surface area contributed by atoms with E-state index in [1.807, 2.05) is 36.2 Å². The molecule has 0 aromatic heterocycles. The molecule has 4 heteroatoms. The fraction of sp³-hybridized carbons (Fsp3) is 0.562. The quantitative estimate of drug-likeness (QED) is 0.906. The normalized spacial score (nSPS) is 16.4. The summed E-state index contributed by atoms with van der Waals surface area (Å²) in [5.41, 5.74) is 1.17. The maximum absolute atomic E-state index is 12.2. The minimum absolute atomic E-state index is 0.280. The Kier molecular flexibility index (Phi) is 5.86. The van der Waals surface area contributed by atoms with Gasteiger partial charge in [-0.15, -0.1) is 0 Å². The molecule has 0 saturated carbocycles. The third kappa shape index (κ3) is 4.50. The molecule has 1 fully saturated rings. The standard InChI is InChI=1S/C16H23ClN2O/c1-18-12-14-8-10-19(11-9-14)16(20)7-4-13-2-5-15(17)6-3-13/h2-3,5-6,14,18H,4,7-12H2,1H3. The zero-order valence-electron chi connectivity index (χ0n) is 12.1. The van der Waals surface area contributed by atoms with E-state index in [0.717, 1.165) is 49.8 Å². The number of piperidine rings is 1. The van der Waals surface area contributed by atoms with Crippen molar-refractivity contribution in [3.05, 3.63) is 34.9 Å². The van der Waals surface area contributed by atoms with Crippen LogP contribution in [0.2, 0.25) is 5.02 Å². The van der Waals surface area contributed by atoms with Crippen molar-refractivity contribution in [2.24, 2.45) is 5.92 Å². The molecule has 3 nitrogen and oxygen atoms in total. The molecule has 1 aromatic rings. The van der Waals surface area contributed by atoms with Gasteiger partial charge in [-0.1, -0.05) is 23.7 Å². The van der Waals surface area contributed by atoms with Crippen LogP contribution in [0.1, 0.15) is 24.8 Å². The lowest BCUT2D eigenvalue weighted by Gasteiger charge is -2.32. The summed E-state index contributed by atoms with van der Waals surface area (Å²) in [6.45, 7) is 2.88. The van der Waals surface area contributed by atoms with Gasteiger partial charge in [0.2, 0.25) is 5.91 Å². The summed E-state index contributed by atoms with van der Waals surface area (Å²) in [6.07, 6.45) is 3.63. The predicted octanol–water partition coefficient (Wildman–Crippen LogP) is 2.73. The van der Waals surface area contributed by atoms with Gasteiger partial charge in [0.1, 0.15) is 0 Å². The van der Waals surface area contributed by atoms with Crippen LogP contribution in [0.25, 0.3) is 0 Å². The van der Waals surface area contributed by atoms with Gasteiger partial charge in [-0.2, -0.15) is 0 Å². The summed E-state index contributed by atoms with van der Waals surface area (Å²) < 4.78 is 0. The molecule has 0 atom stereocenters. The molecule has 0 bridgehead atoms. The Morgan fingerprint density at radius 3 is 2.55 bits per heavy atom. The molecule has 110 valence electrons. The van der Waals surface area contributed by atoms with Crippen LogP contribution in [-0.2, 0) is 11.2 Å². The first-order valence-electron chi connectivity index (χ1n) is 7.36. The molecule has 1 N–H and O–H groups in total. The van der Waals surface area contributed by atoms with Crippen LogP contribution in [0.3, 0.4) is 0 Å². The Balaban J connectivity index is 1.74. The van der Waals surface area contributed by atoms with Crippen LogP contribution >= 0.6 is 11.6 Å². The van der Waals surface area contributed by atoms with Crippen molar-refractivity contribution in [3.63, 3.8) is 0 Å². The average molecular weight is 295 g/mol. The molecule has 0 unspecified atom stereocenters. The van der Waals surface area contributed by atoms with Gasteiger partial charge in [0.25, 0.3) is 0 Å². The van der Waals surface area contributed by atoms with Crippen LogP contribution in [0, 0.1) is 5.92 Å². The van der Waals surface area contributed by atoms with Gasteiger partial charge in [0.15, 0.2) is 0 Å². The van der Waals surface area contributed by atoms with Gasteiger partial charge in [-0.25, -0.2) is 0 Å². The number of hydrogen-bond acceptors (Lipinski definition) is 2. The molecular formula is C16H23ClN2O. The predicted molar refractivity (Wildman–Crippen MR) is 83.0 cm³/mol. The van der Waals surface area contributed by atoms with Gasteiger partial charge in [0, 0.05) is 24.5 Å². The molecule has 1 aliphatic heterocycles. The molecule has 1 aliphatic rings. The van der Waals surface area contributed by atoms with E-state index in [4.69, 9.17) is 11.6 Å². The zero-order chi connectivity index (χ0) is 14.4. The average Bonchev–Trinajstić information content (AvgIpc) is 2.47. The summed E-state index contributed by atoms with van der Waals surface area (Å²) in [5, 5.41) is 3.96. The number of nitrogens with one attached hydrogen (secondary N) is 1. The Morgan fingerprint density at radius 1 is 1.30 bits per heavy atom. The molecule has 1 amide bonds.